The standard InChI is InChI=1S/C24H40N4O5S/c1-3-22(30)18-28(34(32,33)14-13-26)17-21(11-7-8-12-25)16-24(31)23(27-19(2)29)15-20-9-5-4-6-10-20/h4-6,9-10,21,23H,3,7-8,11-18,25-26H2,1-2H3,(H,27,29)/t21-,23+/m1/s1. The highest BCUT2D eigenvalue weighted by Gasteiger charge is 2.29. The molecule has 2 atom stereocenters. The van der Waals surface area contributed by atoms with Crippen LogP contribution in [0.4, 0.5) is 0 Å². The number of nitrogens with one attached hydrogen (secondary N) is 1. The zero-order valence-electron chi connectivity index (χ0n) is 20.4. The summed E-state index contributed by atoms with van der Waals surface area (Å²) >= 11 is 0. The lowest BCUT2D eigenvalue weighted by Crippen LogP contribution is -2.44. The van der Waals surface area contributed by atoms with Crippen LogP contribution in [0.2, 0.25) is 0 Å². The van der Waals surface area contributed by atoms with Crippen molar-refractivity contribution < 1.29 is 22.8 Å². The number of sulfonamides is 1. The molecule has 0 saturated carbocycles. The maximum atomic E-state index is 13.3. The summed E-state index contributed by atoms with van der Waals surface area (Å²) in [5.74, 6) is -1.27. The third-order valence-electron chi connectivity index (χ3n) is 5.58. The van der Waals surface area contributed by atoms with Gasteiger partial charge in [0.15, 0.2) is 5.78 Å². The van der Waals surface area contributed by atoms with Crippen molar-refractivity contribution in [2.75, 3.05) is 31.9 Å². The Morgan fingerprint density at radius 1 is 1.06 bits per heavy atom. The van der Waals surface area contributed by atoms with Gasteiger partial charge in [-0.1, -0.05) is 43.7 Å². The van der Waals surface area contributed by atoms with Gasteiger partial charge < -0.3 is 16.8 Å². The second-order valence-corrected chi connectivity index (χ2v) is 10.6. The van der Waals surface area contributed by atoms with E-state index in [1.54, 1.807) is 6.92 Å². The van der Waals surface area contributed by atoms with Gasteiger partial charge in [-0.3, -0.25) is 14.4 Å². The zero-order chi connectivity index (χ0) is 25.6. The van der Waals surface area contributed by atoms with Crippen LogP contribution < -0.4 is 16.8 Å². The molecule has 1 rings (SSSR count). The molecule has 192 valence electrons. The van der Waals surface area contributed by atoms with Crippen molar-refractivity contribution in [3.63, 3.8) is 0 Å². The molecule has 9 nitrogen and oxygen atoms in total. The van der Waals surface area contributed by atoms with Gasteiger partial charge in [0.05, 0.1) is 18.3 Å². The van der Waals surface area contributed by atoms with Crippen LogP contribution in [0.15, 0.2) is 30.3 Å². The van der Waals surface area contributed by atoms with E-state index in [9.17, 15) is 22.8 Å². The minimum Gasteiger partial charge on any atom is -0.346 e. The Bertz CT molecular complexity index is 877. The summed E-state index contributed by atoms with van der Waals surface area (Å²) in [4.78, 5) is 37.1. The largest absolute Gasteiger partial charge is 0.346 e. The van der Waals surface area contributed by atoms with E-state index in [0.29, 0.717) is 19.4 Å². The van der Waals surface area contributed by atoms with Crippen molar-refractivity contribution in [2.24, 2.45) is 17.4 Å². The van der Waals surface area contributed by atoms with Gasteiger partial charge in [0.25, 0.3) is 0 Å². The van der Waals surface area contributed by atoms with Crippen molar-refractivity contribution in [1.82, 2.24) is 9.62 Å². The Hall–Kier alpha value is -2.14. The van der Waals surface area contributed by atoms with E-state index in [0.717, 1.165) is 22.7 Å². The Morgan fingerprint density at radius 2 is 1.74 bits per heavy atom. The molecule has 0 bridgehead atoms. The fraction of sp³-hybridized carbons (Fsp3) is 0.625. The van der Waals surface area contributed by atoms with Crippen LogP contribution >= 0.6 is 0 Å². The molecule has 0 aliphatic carbocycles. The summed E-state index contributed by atoms with van der Waals surface area (Å²) in [5, 5.41) is 2.74. The molecule has 10 heteroatoms. The lowest BCUT2D eigenvalue weighted by molar-refractivity contribution is -0.127. The molecule has 0 spiro atoms. The van der Waals surface area contributed by atoms with Crippen LogP contribution in [0.1, 0.15) is 51.5 Å². The predicted molar refractivity (Wildman–Crippen MR) is 133 cm³/mol. The zero-order valence-corrected chi connectivity index (χ0v) is 21.2. The van der Waals surface area contributed by atoms with E-state index in [1.807, 2.05) is 30.3 Å². The summed E-state index contributed by atoms with van der Waals surface area (Å²) in [7, 11) is -3.75. The molecule has 0 aromatic heterocycles. The summed E-state index contributed by atoms with van der Waals surface area (Å²) in [6.45, 7) is 3.29. The molecule has 34 heavy (non-hydrogen) atoms. The molecule has 0 radical (unpaired) electrons. The minimum atomic E-state index is -3.75. The van der Waals surface area contributed by atoms with Gasteiger partial charge in [-0.15, -0.1) is 0 Å². The number of nitrogens with zero attached hydrogens (tertiary/aromatic N) is 1. The summed E-state index contributed by atoms with van der Waals surface area (Å²) < 4.78 is 26.7. The molecule has 1 aromatic rings. The Balaban J connectivity index is 3.10. The number of ketones is 2. The average Bonchev–Trinajstić information content (AvgIpc) is 2.78. The SMILES string of the molecule is CCC(=O)CN(C[C@H](CCCCN)CC(=O)[C@H](Cc1ccccc1)NC(C)=O)S(=O)(=O)CCN. The lowest BCUT2D eigenvalue weighted by Gasteiger charge is -2.27. The number of carbonyl (C=O) groups excluding carboxylic acids is 3. The number of unbranched alkanes of at least 4 members (excludes halogenated alkanes) is 1. The molecule has 0 aliphatic rings. The molecule has 0 fully saturated rings. The van der Waals surface area contributed by atoms with E-state index in [1.165, 1.54) is 6.92 Å². The molecule has 0 saturated heterocycles. The van der Waals surface area contributed by atoms with Crippen molar-refractivity contribution >= 4 is 27.5 Å². The van der Waals surface area contributed by atoms with Crippen LogP contribution in [0, 0.1) is 5.92 Å². The number of nitrogens with two attached hydrogens (primary N) is 2. The number of hydrogen-bond acceptors (Lipinski definition) is 7. The van der Waals surface area contributed by atoms with E-state index >= 15 is 0 Å². The van der Waals surface area contributed by atoms with E-state index in [-0.39, 0.29) is 61.6 Å². The highest BCUT2D eigenvalue weighted by atomic mass is 32.2. The number of amides is 1. The first-order valence-corrected chi connectivity index (χ1v) is 13.5. The second kappa shape index (κ2) is 15.7. The van der Waals surface area contributed by atoms with Crippen LogP contribution in [-0.4, -0.2) is 68.2 Å². The molecule has 0 unspecified atom stereocenters. The minimum absolute atomic E-state index is 0.0442. The molecule has 5 N–H and O–H groups in total. The molecule has 1 aromatic carbocycles. The van der Waals surface area contributed by atoms with E-state index in [2.05, 4.69) is 5.32 Å². The van der Waals surface area contributed by atoms with Crippen LogP contribution in [-0.2, 0) is 30.8 Å². The number of Topliss-reactive ketones (excluding diaryl/α,β-unsaturated/α-hetero) is 2. The van der Waals surface area contributed by atoms with E-state index in [4.69, 9.17) is 11.5 Å². The highest BCUT2D eigenvalue weighted by Crippen LogP contribution is 2.19. The topological polar surface area (TPSA) is 153 Å². The quantitative estimate of drug-likeness (QED) is 0.256. The fourth-order valence-corrected chi connectivity index (χ4v) is 5.09. The number of hydrogen-bond donors (Lipinski definition) is 3. The van der Waals surface area contributed by atoms with Crippen molar-refractivity contribution in [3.05, 3.63) is 35.9 Å². The first-order chi connectivity index (χ1) is 16.1. The van der Waals surface area contributed by atoms with E-state index < -0.39 is 16.1 Å². The molecule has 1 amide bonds. The van der Waals surface area contributed by atoms with Crippen molar-refractivity contribution in [2.45, 2.75) is 58.4 Å². The monoisotopic (exact) mass is 496 g/mol. The average molecular weight is 497 g/mol. The van der Waals surface area contributed by atoms with Gasteiger partial charge in [-0.25, -0.2) is 8.42 Å². The smallest absolute Gasteiger partial charge is 0.217 e. The van der Waals surface area contributed by atoms with Crippen LogP contribution in [0.3, 0.4) is 0 Å². The normalized spacial score (nSPS) is 13.4. The first-order valence-electron chi connectivity index (χ1n) is 11.9. The van der Waals surface area contributed by atoms with Gasteiger partial charge in [0, 0.05) is 32.9 Å². The highest BCUT2D eigenvalue weighted by molar-refractivity contribution is 7.89. The number of benzene rings is 1. The summed E-state index contributed by atoms with van der Waals surface area (Å²) in [6.07, 6.45) is 2.69. The summed E-state index contributed by atoms with van der Waals surface area (Å²) in [6, 6.07) is 8.66. The Labute approximate surface area is 203 Å². The fourth-order valence-electron chi connectivity index (χ4n) is 3.75. The number of rotatable bonds is 18. The predicted octanol–water partition coefficient (Wildman–Crippen LogP) is 1.01. The van der Waals surface area contributed by atoms with Crippen molar-refractivity contribution in [3.8, 4) is 0 Å². The molecular formula is C24H40N4O5S. The van der Waals surface area contributed by atoms with Gasteiger partial charge in [-0.05, 0) is 37.3 Å². The lowest BCUT2D eigenvalue weighted by atomic mass is 9.91. The molecule has 0 heterocycles. The second-order valence-electron chi connectivity index (χ2n) is 8.55. The maximum Gasteiger partial charge on any atom is 0.217 e. The van der Waals surface area contributed by atoms with Gasteiger partial charge in [-0.2, -0.15) is 4.31 Å². The summed E-state index contributed by atoms with van der Waals surface area (Å²) in [5.41, 5.74) is 12.0. The Kier molecular flexibility index (Phi) is 13.8. The number of carbonyl (C=O) groups is 3. The van der Waals surface area contributed by atoms with Gasteiger partial charge >= 0.3 is 0 Å². The van der Waals surface area contributed by atoms with Crippen molar-refractivity contribution in [1.29, 1.82) is 0 Å². The maximum absolute atomic E-state index is 13.3. The third-order valence-corrected chi connectivity index (χ3v) is 7.40. The first kappa shape index (κ1) is 29.9. The molecule has 0 aliphatic heterocycles. The Morgan fingerprint density at radius 3 is 2.29 bits per heavy atom. The molecular weight excluding hydrogens is 456 g/mol. The third kappa shape index (κ3) is 11.3. The van der Waals surface area contributed by atoms with Gasteiger partial charge in [0.1, 0.15) is 5.78 Å². The van der Waals surface area contributed by atoms with Crippen LogP contribution in [0.25, 0.3) is 0 Å². The van der Waals surface area contributed by atoms with Gasteiger partial charge in [0.2, 0.25) is 15.9 Å². The van der Waals surface area contributed by atoms with Crippen LogP contribution in [0.5, 0.6) is 0 Å².